The van der Waals surface area contributed by atoms with Gasteiger partial charge in [0.1, 0.15) is 0 Å². The average Bonchev–Trinajstić information content (AvgIpc) is 3.35. The van der Waals surface area contributed by atoms with E-state index in [4.69, 9.17) is 4.74 Å². The number of aliphatic hydroxyl groups is 2. The zero-order chi connectivity index (χ0) is 50.0. The van der Waals surface area contributed by atoms with Crippen molar-refractivity contribution < 1.29 is 24.5 Å². The summed E-state index contributed by atoms with van der Waals surface area (Å²) < 4.78 is 5.46. The number of ether oxygens (including phenoxy) is 1. The lowest BCUT2D eigenvalue weighted by molar-refractivity contribution is -0.143. The largest absolute Gasteiger partial charge is 0.466 e. The molecule has 6 heteroatoms. The fourth-order valence-electron chi connectivity index (χ4n) is 9.68. The molecule has 0 spiro atoms. The van der Waals surface area contributed by atoms with Crippen molar-refractivity contribution in [3.63, 3.8) is 0 Å². The molecular weight excluding hydrogens is 851 g/mol. The van der Waals surface area contributed by atoms with Crippen LogP contribution in [0, 0.1) is 0 Å². The number of nitrogens with one attached hydrogen (secondary N) is 1. The van der Waals surface area contributed by atoms with Gasteiger partial charge in [-0.15, -0.1) is 0 Å². The highest BCUT2D eigenvalue weighted by Crippen LogP contribution is 2.18. The highest BCUT2D eigenvalue weighted by molar-refractivity contribution is 5.76. The molecule has 6 nitrogen and oxygen atoms in total. The molecule has 0 aliphatic carbocycles. The van der Waals surface area contributed by atoms with Gasteiger partial charge in [0.25, 0.3) is 0 Å². The van der Waals surface area contributed by atoms with Crippen molar-refractivity contribution in [1.29, 1.82) is 0 Å². The minimum absolute atomic E-state index is 0.00922. The number of hydrogen-bond donors (Lipinski definition) is 3. The van der Waals surface area contributed by atoms with E-state index in [0.29, 0.717) is 19.4 Å². The highest BCUT2D eigenvalue weighted by Gasteiger charge is 2.18. The predicted octanol–water partition coefficient (Wildman–Crippen LogP) is 19.4. The van der Waals surface area contributed by atoms with Crippen LogP contribution in [0.5, 0.6) is 0 Å². The van der Waals surface area contributed by atoms with Crippen LogP contribution in [0.4, 0.5) is 0 Å². The number of rotatable bonds is 58. The van der Waals surface area contributed by atoms with Crippen LogP contribution in [0.2, 0.25) is 0 Å². The standard InChI is InChI=1S/C63H121NO5/c1-3-5-7-9-11-13-36-41-45-49-53-57-63(68)69-58-54-50-46-42-38-35-33-31-29-27-25-23-21-19-17-15-16-18-20-22-24-26-28-30-32-34-37-40-44-48-52-56-62(67)64-60(59-65)61(66)55-51-47-43-39-14-12-10-8-6-4-2/h9,11,51,55,60-61,65-66H,3-8,10,12-50,52-54,56-59H2,1-2H3,(H,64,67)/b11-9-,55-51+. The first-order chi connectivity index (χ1) is 34.0. The van der Waals surface area contributed by atoms with Gasteiger partial charge in [0.2, 0.25) is 5.91 Å². The van der Waals surface area contributed by atoms with Gasteiger partial charge in [0.15, 0.2) is 0 Å². The molecule has 0 aliphatic rings. The van der Waals surface area contributed by atoms with E-state index in [0.717, 1.165) is 44.9 Å². The fraction of sp³-hybridized carbons (Fsp3) is 0.905. The summed E-state index contributed by atoms with van der Waals surface area (Å²) in [7, 11) is 0. The Morgan fingerprint density at radius 3 is 1.07 bits per heavy atom. The maximum atomic E-state index is 12.4. The van der Waals surface area contributed by atoms with Crippen LogP contribution in [0.25, 0.3) is 0 Å². The van der Waals surface area contributed by atoms with Gasteiger partial charge in [0.05, 0.1) is 25.4 Å². The summed E-state index contributed by atoms with van der Waals surface area (Å²) in [5.74, 6) is -0.0555. The minimum atomic E-state index is -0.839. The number of carbonyl (C=O) groups excluding carboxylic acids is 2. The van der Waals surface area contributed by atoms with E-state index >= 15 is 0 Å². The van der Waals surface area contributed by atoms with E-state index in [1.165, 1.54) is 270 Å². The van der Waals surface area contributed by atoms with Crippen molar-refractivity contribution in [2.45, 2.75) is 353 Å². The van der Waals surface area contributed by atoms with Crippen LogP contribution >= 0.6 is 0 Å². The molecule has 2 atom stereocenters. The second-order valence-corrected chi connectivity index (χ2v) is 21.4. The van der Waals surface area contributed by atoms with Crippen molar-refractivity contribution in [2.24, 2.45) is 0 Å². The fourth-order valence-corrected chi connectivity index (χ4v) is 9.68. The highest BCUT2D eigenvalue weighted by atomic mass is 16.5. The van der Waals surface area contributed by atoms with Crippen LogP contribution < -0.4 is 5.32 Å². The van der Waals surface area contributed by atoms with Gasteiger partial charge in [-0.25, -0.2) is 0 Å². The molecule has 0 aliphatic heterocycles. The molecule has 0 bridgehead atoms. The van der Waals surface area contributed by atoms with Crippen molar-refractivity contribution >= 4 is 11.9 Å². The van der Waals surface area contributed by atoms with Crippen LogP contribution in [0.1, 0.15) is 341 Å². The molecule has 0 aromatic carbocycles. The van der Waals surface area contributed by atoms with Gasteiger partial charge in [-0.3, -0.25) is 9.59 Å². The molecule has 0 heterocycles. The summed E-state index contributed by atoms with van der Waals surface area (Å²) in [6, 6.07) is -0.622. The Hall–Kier alpha value is -1.66. The average molecular weight is 973 g/mol. The van der Waals surface area contributed by atoms with E-state index in [9.17, 15) is 19.8 Å². The van der Waals surface area contributed by atoms with Gasteiger partial charge < -0.3 is 20.3 Å². The molecule has 0 aromatic rings. The summed E-state index contributed by atoms with van der Waals surface area (Å²) in [4.78, 5) is 24.4. The Morgan fingerprint density at radius 2 is 0.696 bits per heavy atom. The summed E-state index contributed by atoms with van der Waals surface area (Å²) in [5, 5.41) is 23.0. The van der Waals surface area contributed by atoms with Crippen LogP contribution in [-0.4, -0.2) is 47.4 Å². The number of carbonyl (C=O) groups is 2. The van der Waals surface area contributed by atoms with Crippen molar-refractivity contribution in [3.8, 4) is 0 Å². The van der Waals surface area contributed by atoms with E-state index < -0.39 is 12.1 Å². The van der Waals surface area contributed by atoms with E-state index in [1.807, 2.05) is 6.08 Å². The summed E-state index contributed by atoms with van der Waals surface area (Å²) in [6.07, 6.45) is 72.5. The maximum absolute atomic E-state index is 12.4. The number of allylic oxidation sites excluding steroid dienone is 3. The predicted molar refractivity (Wildman–Crippen MR) is 301 cm³/mol. The van der Waals surface area contributed by atoms with E-state index in [1.54, 1.807) is 6.08 Å². The number of hydrogen-bond acceptors (Lipinski definition) is 5. The molecule has 69 heavy (non-hydrogen) atoms. The van der Waals surface area contributed by atoms with Gasteiger partial charge in [-0.2, -0.15) is 0 Å². The molecule has 0 rings (SSSR count). The quantitative estimate of drug-likeness (QED) is 0.0321. The molecular formula is C63H121NO5. The molecule has 408 valence electrons. The number of esters is 1. The summed E-state index contributed by atoms with van der Waals surface area (Å²) >= 11 is 0. The third kappa shape index (κ3) is 55.5. The van der Waals surface area contributed by atoms with Crippen molar-refractivity contribution in [2.75, 3.05) is 13.2 Å². The minimum Gasteiger partial charge on any atom is -0.466 e. The molecule has 0 fully saturated rings. The first kappa shape index (κ1) is 67.3. The van der Waals surface area contributed by atoms with Gasteiger partial charge in [-0.05, 0) is 51.4 Å². The zero-order valence-corrected chi connectivity index (χ0v) is 46.6. The molecule has 3 N–H and O–H groups in total. The van der Waals surface area contributed by atoms with Gasteiger partial charge >= 0.3 is 5.97 Å². The molecule has 0 saturated heterocycles. The Kier molecular flexibility index (Phi) is 57.5. The molecule has 0 saturated carbocycles. The van der Waals surface area contributed by atoms with E-state index in [2.05, 4.69) is 31.3 Å². The maximum Gasteiger partial charge on any atom is 0.305 e. The molecule has 1 amide bonds. The smallest absolute Gasteiger partial charge is 0.305 e. The SMILES string of the molecule is CCCC/C=C\CCCCCCCC(=O)OCCCCCCCCCCCCCCCCCCCCCCCCCCCCCCCCCC(=O)NC(CO)C(O)/C=C/CCCCCCCCCC. The summed E-state index contributed by atoms with van der Waals surface area (Å²) in [6.45, 7) is 4.86. The van der Waals surface area contributed by atoms with Gasteiger partial charge in [-0.1, -0.05) is 301 Å². The lowest BCUT2D eigenvalue weighted by atomic mass is 10.0. The monoisotopic (exact) mass is 972 g/mol. The Balaban J connectivity index is 3.31. The zero-order valence-electron chi connectivity index (χ0n) is 46.6. The number of amides is 1. The number of aliphatic hydroxyl groups excluding tert-OH is 2. The lowest BCUT2D eigenvalue weighted by Crippen LogP contribution is -2.45. The van der Waals surface area contributed by atoms with Crippen LogP contribution in [0.15, 0.2) is 24.3 Å². The third-order valence-electron chi connectivity index (χ3n) is 14.5. The lowest BCUT2D eigenvalue weighted by Gasteiger charge is -2.20. The number of unbranched alkanes of at least 4 members (excludes halogenated alkanes) is 45. The third-order valence-corrected chi connectivity index (χ3v) is 14.5. The second kappa shape index (κ2) is 58.9. The first-order valence-electron chi connectivity index (χ1n) is 31.1. The van der Waals surface area contributed by atoms with Crippen LogP contribution in [-0.2, 0) is 14.3 Å². The summed E-state index contributed by atoms with van der Waals surface area (Å²) in [5.41, 5.74) is 0. The Bertz CT molecular complexity index is 1080. The Labute approximate surface area is 431 Å². The van der Waals surface area contributed by atoms with Crippen molar-refractivity contribution in [1.82, 2.24) is 5.32 Å². The topological polar surface area (TPSA) is 95.9 Å². The molecule has 2 unspecified atom stereocenters. The normalized spacial score (nSPS) is 12.7. The molecule has 0 aromatic heterocycles. The Morgan fingerprint density at radius 1 is 0.391 bits per heavy atom. The van der Waals surface area contributed by atoms with E-state index in [-0.39, 0.29) is 18.5 Å². The second-order valence-electron chi connectivity index (χ2n) is 21.4. The first-order valence-corrected chi connectivity index (χ1v) is 31.1. The molecule has 0 radical (unpaired) electrons. The van der Waals surface area contributed by atoms with Crippen molar-refractivity contribution in [3.05, 3.63) is 24.3 Å². The van der Waals surface area contributed by atoms with Crippen LogP contribution in [0.3, 0.4) is 0 Å². The van der Waals surface area contributed by atoms with Gasteiger partial charge in [0, 0.05) is 12.8 Å².